The minimum absolute atomic E-state index is 0.0155. The van der Waals surface area contributed by atoms with Crippen molar-refractivity contribution in [2.75, 3.05) is 11.4 Å². The molecule has 1 aromatic carbocycles. The molecule has 2 atom stereocenters. The molecule has 0 bridgehead atoms. The fraction of sp³-hybridized carbons (Fsp3) is 0.444. The molecule has 1 aromatic heterocycles. The number of anilines is 1. The van der Waals surface area contributed by atoms with E-state index in [0.29, 0.717) is 0 Å². The summed E-state index contributed by atoms with van der Waals surface area (Å²) in [6.07, 6.45) is 3.57. The summed E-state index contributed by atoms with van der Waals surface area (Å²) in [6, 6.07) is 12.9. The smallest absolute Gasteiger partial charge is 0.128 e. The predicted octanol–water partition coefficient (Wildman–Crippen LogP) is 3.82. The summed E-state index contributed by atoms with van der Waals surface area (Å²) in [5.41, 5.74) is 9.05. The molecule has 0 spiro atoms. The highest BCUT2D eigenvalue weighted by atomic mass is 16.3. The molecule has 0 saturated carbocycles. The Balaban J connectivity index is 2.03. The van der Waals surface area contributed by atoms with Crippen LogP contribution >= 0.6 is 0 Å². The molecule has 3 nitrogen and oxygen atoms in total. The molecular weight excluding hydrogens is 260 g/mol. The van der Waals surface area contributed by atoms with E-state index in [9.17, 15) is 0 Å². The van der Waals surface area contributed by atoms with E-state index in [1.807, 2.05) is 13.0 Å². The average molecular weight is 284 g/mol. The summed E-state index contributed by atoms with van der Waals surface area (Å²) >= 11 is 0. The summed E-state index contributed by atoms with van der Waals surface area (Å²) in [5.74, 6) is 1.91. The Bertz CT molecular complexity index is 603. The van der Waals surface area contributed by atoms with Crippen molar-refractivity contribution >= 4 is 5.69 Å². The van der Waals surface area contributed by atoms with Crippen molar-refractivity contribution < 1.29 is 4.42 Å². The van der Waals surface area contributed by atoms with Gasteiger partial charge in [0, 0.05) is 18.3 Å². The second kappa shape index (κ2) is 5.94. The number of aryl methyl sites for hydroxylation is 2. The highest BCUT2D eigenvalue weighted by Crippen LogP contribution is 2.35. The van der Waals surface area contributed by atoms with Crippen molar-refractivity contribution in [3.05, 3.63) is 53.5 Å². The number of hydrogen-bond donors (Lipinski definition) is 1. The Hall–Kier alpha value is -1.74. The second-order valence-corrected chi connectivity index (χ2v) is 6.03. The number of hydrogen-bond acceptors (Lipinski definition) is 3. The minimum atomic E-state index is 0.0155. The van der Waals surface area contributed by atoms with Crippen LogP contribution in [0, 0.1) is 6.92 Å². The lowest BCUT2D eigenvalue weighted by Gasteiger charge is -2.35. The van der Waals surface area contributed by atoms with Crippen molar-refractivity contribution in [3.63, 3.8) is 0 Å². The maximum Gasteiger partial charge on any atom is 0.128 e. The molecule has 21 heavy (non-hydrogen) atoms. The number of benzene rings is 1. The van der Waals surface area contributed by atoms with Gasteiger partial charge in [-0.1, -0.05) is 18.2 Å². The zero-order chi connectivity index (χ0) is 14.8. The lowest BCUT2D eigenvalue weighted by Crippen LogP contribution is -2.40. The second-order valence-electron chi connectivity index (χ2n) is 6.03. The molecule has 3 heteroatoms. The average Bonchev–Trinajstić information content (AvgIpc) is 2.77. The summed E-state index contributed by atoms with van der Waals surface area (Å²) < 4.78 is 5.89. The van der Waals surface area contributed by atoms with Crippen LogP contribution in [0.2, 0.25) is 0 Å². The third-order valence-corrected chi connectivity index (χ3v) is 4.28. The molecule has 1 aliphatic rings. The number of nitrogens with zero attached hydrogens (tertiary/aromatic N) is 1. The van der Waals surface area contributed by atoms with Gasteiger partial charge in [-0.15, -0.1) is 0 Å². The van der Waals surface area contributed by atoms with E-state index in [4.69, 9.17) is 10.2 Å². The summed E-state index contributed by atoms with van der Waals surface area (Å²) in [6.45, 7) is 5.08. The Morgan fingerprint density at radius 1 is 1.14 bits per heavy atom. The van der Waals surface area contributed by atoms with Crippen LogP contribution in [-0.2, 0) is 6.42 Å². The van der Waals surface area contributed by atoms with Crippen molar-refractivity contribution in [1.82, 2.24) is 0 Å². The normalized spacial score (nSPS) is 18.0. The quantitative estimate of drug-likeness (QED) is 0.931. The first-order valence-corrected chi connectivity index (χ1v) is 7.83. The van der Waals surface area contributed by atoms with Gasteiger partial charge >= 0.3 is 0 Å². The standard InChI is InChI=1S/C18H24N2O/c1-13-10-11-17(21-13)18(14(2)19)20-12-6-5-8-15-7-3-4-9-16(15)20/h3-4,7,9-11,14,18H,5-6,8,12,19H2,1-2H3. The summed E-state index contributed by atoms with van der Waals surface area (Å²) in [5, 5.41) is 0. The van der Waals surface area contributed by atoms with E-state index < -0.39 is 0 Å². The van der Waals surface area contributed by atoms with E-state index in [-0.39, 0.29) is 12.1 Å². The molecular formula is C18H24N2O. The first-order valence-electron chi connectivity index (χ1n) is 7.83. The molecule has 2 unspecified atom stereocenters. The summed E-state index contributed by atoms with van der Waals surface area (Å²) in [4.78, 5) is 2.44. The van der Waals surface area contributed by atoms with Crippen LogP contribution in [0.4, 0.5) is 5.69 Å². The lowest BCUT2D eigenvalue weighted by molar-refractivity contribution is 0.400. The number of furan rings is 1. The topological polar surface area (TPSA) is 42.4 Å². The minimum Gasteiger partial charge on any atom is -0.464 e. The molecule has 0 radical (unpaired) electrons. The monoisotopic (exact) mass is 284 g/mol. The lowest BCUT2D eigenvalue weighted by atomic mass is 10.0. The molecule has 2 aromatic rings. The van der Waals surface area contributed by atoms with E-state index in [1.54, 1.807) is 0 Å². The molecule has 0 amide bonds. The Morgan fingerprint density at radius 3 is 2.67 bits per heavy atom. The van der Waals surface area contributed by atoms with Gasteiger partial charge in [0.15, 0.2) is 0 Å². The molecule has 112 valence electrons. The maximum absolute atomic E-state index is 6.32. The Kier molecular flexibility index (Phi) is 4.02. The van der Waals surface area contributed by atoms with Crippen LogP contribution in [0.15, 0.2) is 40.8 Å². The molecule has 0 saturated heterocycles. The third kappa shape index (κ3) is 2.84. The van der Waals surface area contributed by atoms with Crippen molar-refractivity contribution in [3.8, 4) is 0 Å². The number of nitrogens with two attached hydrogens (primary N) is 1. The SMILES string of the molecule is Cc1ccc(C(C(C)N)N2CCCCc3ccccc32)o1. The van der Waals surface area contributed by atoms with E-state index >= 15 is 0 Å². The Morgan fingerprint density at radius 2 is 1.95 bits per heavy atom. The van der Waals surface area contributed by atoms with E-state index in [2.05, 4.69) is 42.2 Å². The van der Waals surface area contributed by atoms with Gasteiger partial charge in [-0.2, -0.15) is 0 Å². The maximum atomic E-state index is 6.32. The van der Waals surface area contributed by atoms with Crippen LogP contribution in [0.5, 0.6) is 0 Å². The van der Waals surface area contributed by atoms with Crippen LogP contribution in [0.25, 0.3) is 0 Å². The third-order valence-electron chi connectivity index (χ3n) is 4.28. The Labute approximate surface area is 126 Å². The van der Waals surface area contributed by atoms with Gasteiger partial charge in [0.25, 0.3) is 0 Å². The number of rotatable bonds is 3. The molecule has 2 N–H and O–H groups in total. The van der Waals surface area contributed by atoms with Crippen LogP contribution in [-0.4, -0.2) is 12.6 Å². The largest absolute Gasteiger partial charge is 0.464 e. The van der Waals surface area contributed by atoms with Crippen LogP contribution < -0.4 is 10.6 Å². The van der Waals surface area contributed by atoms with Gasteiger partial charge < -0.3 is 15.1 Å². The zero-order valence-corrected chi connectivity index (χ0v) is 12.9. The fourth-order valence-corrected chi connectivity index (χ4v) is 3.32. The van der Waals surface area contributed by atoms with Gasteiger partial charge in [0.05, 0.1) is 0 Å². The fourth-order valence-electron chi connectivity index (χ4n) is 3.32. The van der Waals surface area contributed by atoms with Gasteiger partial charge in [-0.3, -0.25) is 0 Å². The van der Waals surface area contributed by atoms with Crippen LogP contribution in [0.3, 0.4) is 0 Å². The highest BCUT2D eigenvalue weighted by Gasteiger charge is 2.29. The molecule has 0 aliphatic carbocycles. The molecule has 0 fully saturated rings. The van der Waals surface area contributed by atoms with Crippen molar-refractivity contribution in [2.24, 2.45) is 5.73 Å². The highest BCUT2D eigenvalue weighted by molar-refractivity contribution is 5.56. The van der Waals surface area contributed by atoms with Gasteiger partial charge in [0.1, 0.15) is 17.6 Å². The first kappa shape index (κ1) is 14.2. The van der Waals surface area contributed by atoms with Gasteiger partial charge in [-0.05, 0) is 56.9 Å². The first-order chi connectivity index (χ1) is 10.2. The molecule has 3 rings (SSSR count). The van der Waals surface area contributed by atoms with Crippen LogP contribution in [0.1, 0.15) is 42.9 Å². The van der Waals surface area contributed by atoms with Gasteiger partial charge in [-0.25, -0.2) is 0 Å². The van der Waals surface area contributed by atoms with Crippen molar-refractivity contribution in [2.45, 2.75) is 45.2 Å². The molecule has 2 heterocycles. The zero-order valence-electron chi connectivity index (χ0n) is 12.9. The van der Waals surface area contributed by atoms with E-state index in [0.717, 1.165) is 24.5 Å². The van der Waals surface area contributed by atoms with Gasteiger partial charge in [0.2, 0.25) is 0 Å². The summed E-state index contributed by atoms with van der Waals surface area (Å²) in [7, 11) is 0. The number of fused-ring (bicyclic) bond motifs is 1. The molecule has 1 aliphatic heterocycles. The number of para-hydroxylation sites is 1. The van der Waals surface area contributed by atoms with Crippen molar-refractivity contribution in [1.29, 1.82) is 0 Å². The predicted molar refractivity (Wildman–Crippen MR) is 86.6 cm³/mol. The van der Waals surface area contributed by atoms with E-state index in [1.165, 1.54) is 24.1 Å².